The molecule has 3 aromatic rings. The van der Waals surface area contributed by atoms with Crippen LogP contribution in [0.2, 0.25) is 0 Å². The van der Waals surface area contributed by atoms with E-state index in [0.29, 0.717) is 66.8 Å². The van der Waals surface area contributed by atoms with Gasteiger partial charge in [-0.05, 0) is 19.4 Å². The monoisotopic (exact) mass is 505 g/mol. The SMILES string of the molecule is COc1cc(OC)c(CN2CCN(C(=O)c3c(C(=O)c4ccc(C)cc4)c(C)cn3C)CC2)c(OC)c1. The third-order valence-corrected chi connectivity index (χ3v) is 6.97. The quantitative estimate of drug-likeness (QED) is 0.433. The van der Waals surface area contributed by atoms with Gasteiger partial charge in [-0.15, -0.1) is 0 Å². The van der Waals surface area contributed by atoms with Crippen molar-refractivity contribution in [3.05, 3.63) is 76.1 Å². The van der Waals surface area contributed by atoms with E-state index in [2.05, 4.69) is 4.90 Å². The Morgan fingerprint density at radius 2 is 1.46 bits per heavy atom. The van der Waals surface area contributed by atoms with Gasteiger partial charge in [-0.1, -0.05) is 29.8 Å². The summed E-state index contributed by atoms with van der Waals surface area (Å²) in [5.41, 5.74) is 4.33. The molecule has 37 heavy (non-hydrogen) atoms. The Labute approximate surface area is 218 Å². The van der Waals surface area contributed by atoms with E-state index in [9.17, 15) is 9.59 Å². The highest BCUT2D eigenvalue weighted by molar-refractivity contribution is 6.15. The number of ether oxygens (including phenoxy) is 3. The van der Waals surface area contributed by atoms with Gasteiger partial charge in [0, 0.05) is 63.7 Å². The Morgan fingerprint density at radius 1 is 0.865 bits per heavy atom. The van der Waals surface area contributed by atoms with E-state index in [1.807, 2.05) is 68.4 Å². The summed E-state index contributed by atoms with van der Waals surface area (Å²) >= 11 is 0. The second kappa shape index (κ2) is 11.1. The molecule has 0 aliphatic carbocycles. The highest BCUT2D eigenvalue weighted by Gasteiger charge is 2.30. The second-order valence-electron chi connectivity index (χ2n) is 9.42. The number of ketones is 1. The van der Waals surface area contributed by atoms with Crippen LogP contribution < -0.4 is 14.2 Å². The first-order valence-corrected chi connectivity index (χ1v) is 12.3. The zero-order chi connectivity index (χ0) is 26.7. The molecule has 8 heteroatoms. The zero-order valence-electron chi connectivity index (χ0n) is 22.5. The number of hydrogen-bond acceptors (Lipinski definition) is 6. The summed E-state index contributed by atoms with van der Waals surface area (Å²) in [7, 11) is 6.69. The maximum absolute atomic E-state index is 13.7. The Hall–Kier alpha value is -3.78. The highest BCUT2D eigenvalue weighted by Crippen LogP contribution is 2.35. The molecule has 0 bridgehead atoms. The fourth-order valence-corrected chi connectivity index (χ4v) is 4.89. The minimum absolute atomic E-state index is 0.120. The van der Waals surface area contributed by atoms with Gasteiger partial charge in [0.25, 0.3) is 5.91 Å². The van der Waals surface area contributed by atoms with Crippen molar-refractivity contribution in [2.75, 3.05) is 47.5 Å². The molecule has 2 aromatic carbocycles. The smallest absolute Gasteiger partial charge is 0.271 e. The molecule has 2 heterocycles. The number of methoxy groups -OCH3 is 3. The lowest BCUT2D eigenvalue weighted by Crippen LogP contribution is -2.48. The van der Waals surface area contributed by atoms with Crippen molar-refractivity contribution in [3.63, 3.8) is 0 Å². The van der Waals surface area contributed by atoms with E-state index in [4.69, 9.17) is 14.2 Å². The standard InChI is InChI=1S/C29H35N3O5/c1-19-7-9-21(10-8-19)28(33)26-20(2)17-30(3)27(26)29(34)32-13-11-31(12-14-32)18-23-24(36-5)15-22(35-4)16-25(23)37-6/h7-10,15-17H,11-14,18H2,1-6H3. The summed E-state index contributed by atoms with van der Waals surface area (Å²) < 4.78 is 18.3. The summed E-state index contributed by atoms with van der Waals surface area (Å²) in [5, 5.41) is 0. The molecule has 1 aromatic heterocycles. The van der Waals surface area contributed by atoms with Crippen molar-refractivity contribution >= 4 is 11.7 Å². The van der Waals surface area contributed by atoms with Crippen molar-refractivity contribution in [1.29, 1.82) is 0 Å². The Kier molecular flexibility index (Phi) is 7.88. The Morgan fingerprint density at radius 3 is 2.00 bits per heavy atom. The third kappa shape index (κ3) is 5.34. The van der Waals surface area contributed by atoms with Crippen molar-refractivity contribution < 1.29 is 23.8 Å². The first-order chi connectivity index (χ1) is 17.8. The molecule has 1 aliphatic rings. The van der Waals surface area contributed by atoms with Crippen LogP contribution in [0.5, 0.6) is 17.2 Å². The van der Waals surface area contributed by atoms with E-state index in [1.54, 1.807) is 25.9 Å². The van der Waals surface area contributed by atoms with Gasteiger partial charge >= 0.3 is 0 Å². The average molecular weight is 506 g/mol. The fourth-order valence-electron chi connectivity index (χ4n) is 4.89. The van der Waals surface area contributed by atoms with Crippen LogP contribution in [0.3, 0.4) is 0 Å². The van der Waals surface area contributed by atoms with E-state index in [0.717, 1.165) is 16.7 Å². The van der Waals surface area contributed by atoms with Gasteiger partial charge in [0.15, 0.2) is 5.78 Å². The van der Waals surface area contributed by atoms with Crippen LogP contribution in [0.4, 0.5) is 0 Å². The van der Waals surface area contributed by atoms with Gasteiger partial charge in [-0.3, -0.25) is 14.5 Å². The molecule has 4 rings (SSSR count). The molecule has 0 N–H and O–H groups in total. The number of carbonyl (C=O) groups is 2. The summed E-state index contributed by atoms with van der Waals surface area (Å²) in [5.74, 6) is 1.83. The maximum Gasteiger partial charge on any atom is 0.271 e. The topological polar surface area (TPSA) is 73.2 Å². The number of carbonyl (C=O) groups excluding carboxylic acids is 2. The summed E-state index contributed by atoms with van der Waals surface area (Å²) in [6, 6.07) is 11.2. The molecule has 1 fully saturated rings. The number of benzene rings is 2. The Balaban J connectivity index is 1.50. The molecule has 0 radical (unpaired) electrons. The van der Waals surface area contributed by atoms with E-state index < -0.39 is 0 Å². The van der Waals surface area contributed by atoms with Crippen LogP contribution in [0.15, 0.2) is 42.6 Å². The lowest BCUT2D eigenvalue weighted by molar-refractivity contribution is 0.0614. The summed E-state index contributed by atoms with van der Waals surface area (Å²) in [6.45, 7) is 6.98. The van der Waals surface area contributed by atoms with Crippen LogP contribution in [-0.2, 0) is 13.6 Å². The molecular weight excluding hydrogens is 470 g/mol. The number of hydrogen-bond donors (Lipinski definition) is 0. The van der Waals surface area contributed by atoms with Gasteiger partial charge < -0.3 is 23.7 Å². The van der Waals surface area contributed by atoms with Crippen molar-refractivity contribution in [3.8, 4) is 17.2 Å². The summed E-state index contributed by atoms with van der Waals surface area (Å²) in [6.07, 6.45) is 1.85. The highest BCUT2D eigenvalue weighted by atomic mass is 16.5. The lowest BCUT2D eigenvalue weighted by atomic mass is 9.99. The van der Waals surface area contributed by atoms with Gasteiger partial charge in [0.1, 0.15) is 22.9 Å². The normalized spacial score (nSPS) is 13.9. The number of piperazine rings is 1. The molecule has 0 saturated carbocycles. The minimum Gasteiger partial charge on any atom is -0.496 e. The van der Waals surface area contributed by atoms with Crippen LogP contribution in [0.1, 0.15) is 43.1 Å². The van der Waals surface area contributed by atoms with Crippen LogP contribution in [0, 0.1) is 13.8 Å². The number of rotatable bonds is 8. The minimum atomic E-state index is -0.126. The number of aromatic nitrogens is 1. The van der Waals surface area contributed by atoms with E-state index in [-0.39, 0.29) is 11.7 Å². The van der Waals surface area contributed by atoms with Crippen LogP contribution in [-0.4, -0.2) is 73.6 Å². The molecule has 196 valence electrons. The van der Waals surface area contributed by atoms with Gasteiger partial charge in [-0.25, -0.2) is 0 Å². The molecule has 1 aliphatic heterocycles. The third-order valence-electron chi connectivity index (χ3n) is 6.97. The van der Waals surface area contributed by atoms with Crippen LogP contribution in [0.25, 0.3) is 0 Å². The number of nitrogens with zero attached hydrogens (tertiary/aromatic N) is 3. The van der Waals surface area contributed by atoms with Gasteiger partial charge in [-0.2, -0.15) is 0 Å². The van der Waals surface area contributed by atoms with Crippen LogP contribution >= 0.6 is 0 Å². The van der Waals surface area contributed by atoms with E-state index >= 15 is 0 Å². The van der Waals surface area contributed by atoms with Crippen molar-refractivity contribution in [2.24, 2.45) is 7.05 Å². The first-order valence-electron chi connectivity index (χ1n) is 12.3. The van der Waals surface area contributed by atoms with Gasteiger partial charge in [0.05, 0.1) is 32.5 Å². The maximum atomic E-state index is 13.7. The van der Waals surface area contributed by atoms with E-state index in [1.165, 1.54) is 0 Å². The average Bonchev–Trinajstić information content (AvgIpc) is 3.21. The van der Waals surface area contributed by atoms with Gasteiger partial charge in [0.2, 0.25) is 0 Å². The largest absolute Gasteiger partial charge is 0.496 e. The number of amides is 1. The first kappa shape index (κ1) is 26.3. The van der Waals surface area contributed by atoms with Crippen molar-refractivity contribution in [2.45, 2.75) is 20.4 Å². The summed E-state index contributed by atoms with van der Waals surface area (Å²) in [4.78, 5) is 31.2. The predicted octanol–water partition coefficient (Wildman–Crippen LogP) is 3.86. The molecule has 0 atom stereocenters. The number of aryl methyl sites for hydroxylation is 3. The molecule has 0 spiro atoms. The molecular formula is C29H35N3O5. The lowest BCUT2D eigenvalue weighted by Gasteiger charge is -2.35. The zero-order valence-corrected chi connectivity index (χ0v) is 22.5. The molecule has 1 amide bonds. The second-order valence-corrected chi connectivity index (χ2v) is 9.42. The molecule has 8 nitrogen and oxygen atoms in total. The Bertz CT molecular complexity index is 1260. The molecule has 1 saturated heterocycles. The molecule has 0 unspecified atom stereocenters. The predicted molar refractivity (Wildman–Crippen MR) is 142 cm³/mol. The fraction of sp³-hybridized carbons (Fsp3) is 0.379. The van der Waals surface area contributed by atoms with Crippen molar-refractivity contribution in [1.82, 2.24) is 14.4 Å².